The van der Waals surface area contributed by atoms with E-state index in [1.807, 2.05) is 6.07 Å². The standard InChI is InChI=1S/C14H18O3S/c15-14(16)12-6-4-5-11(9-12)10-18(17)13-7-2-1-3-8-13/h4-6,9,13H,1-3,7-8,10H2,(H,15,16). The maximum atomic E-state index is 12.2. The first-order valence-corrected chi connectivity index (χ1v) is 7.74. The van der Waals surface area contributed by atoms with Gasteiger partial charge in [0.1, 0.15) is 0 Å². The number of benzene rings is 1. The van der Waals surface area contributed by atoms with Crippen molar-refractivity contribution in [1.82, 2.24) is 0 Å². The van der Waals surface area contributed by atoms with Crippen molar-refractivity contribution in [3.8, 4) is 0 Å². The molecule has 1 aromatic carbocycles. The van der Waals surface area contributed by atoms with E-state index in [9.17, 15) is 9.00 Å². The van der Waals surface area contributed by atoms with Crippen LogP contribution in [0.2, 0.25) is 0 Å². The van der Waals surface area contributed by atoms with Gasteiger partial charge in [-0.3, -0.25) is 4.21 Å². The molecule has 1 N–H and O–H groups in total. The number of carbonyl (C=O) groups is 1. The Labute approximate surface area is 110 Å². The molecule has 1 atom stereocenters. The van der Waals surface area contributed by atoms with Gasteiger partial charge in [-0.1, -0.05) is 31.4 Å². The number of hydrogen-bond donors (Lipinski definition) is 1. The first-order valence-electron chi connectivity index (χ1n) is 6.36. The Balaban J connectivity index is 2.02. The van der Waals surface area contributed by atoms with Crippen LogP contribution in [-0.4, -0.2) is 20.5 Å². The minimum atomic E-state index is -0.930. The van der Waals surface area contributed by atoms with Gasteiger partial charge in [0.15, 0.2) is 0 Å². The summed E-state index contributed by atoms with van der Waals surface area (Å²) in [4.78, 5) is 10.9. The lowest BCUT2D eigenvalue weighted by Crippen LogP contribution is -2.19. The zero-order valence-electron chi connectivity index (χ0n) is 10.3. The molecule has 1 saturated carbocycles. The van der Waals surface area contributed by atoms with Gasteiger partial charge in [0.05, 0.1) is 5.56 Å². The number of rotatable bonds is 4. The normalized spacial score (nSPS) is 18.4. The van der Waals surface area contributed by atoms with E-state index in [0.717, 1.165) is 18.4 Å². The molecule has 1 aliphatic rings. The van der Waals surface area contributed by atoms with E-state index in [0.29, 0.717) is 11.0 Å². The molecule has 0 heterocycles. The van der Waals surface area contributed by atoms with Crippen LogP contribution in [0.4, 0.5) is 0 Å². The highest BCUT2D eigenvalue weighted by atomic mass is 32.2. The molecule has 18 heavy (non-hydrogen) atoms. The Bertz CT molecular complexity index is 450. The SMILES string of the molecule is O=C(O)c1cccc(CS(=O)C2CCCCC2)c1. The van der Waals surface area contributed by atoms with Gasteiger partial charge in [0.25, 0.3) is 0 Å². The van der Waals surface area contributed by atoms with Crippen LogP contribution < -0.4 is 0 Å². The molecule has 1 fully saturated rings. The van der Waals surface area contributed by atoms with E-state index in [-0.39, 0.29) is 5.56 Å². The highest BCUT2D eigenvalue weighted by Gasteiger charge is 2.20. The largest absolute Gasteiger partial charge is 0.478 e. The Morgan fingerprint density at radius 2 is 2.00 bits per heavy atom. The van der Waals surface area contributed by atoms with Crippen molar-refractivity contribution in [1.29, 1.82) is 0 Å². The molecule has 1 unspecified atom stereocenters. The molecule has 0 radical (unpaired) electrons. The smallest absolute Gasteiger partial charge is 0.335 e. The topological polar surface area (TPSA) is 54.4 Å². The third-order valence-electron chi connectivity index (χ3n) is 3.41. The maximum absolute atomic E-state index is 12.2. The molecule has 1 aliphatic carbocycles. The fraction of sp³-hybridized carbons (Fsp3) is 0.500. The van der Waals surface area contributed by atoms with Gasteiger partial charge in [-0.2, -0.15) is 0 Å². The summed E-state index contributed by atoms with van der Waals surface area (Å²) < 4.78 is 12.2. The summed E-state index contributed by atoms with van der Waals surface area (Å²) in [6.45, 7) is 0. The fourth-order valence-electron chi connectivity index (χ4n) is 2.40. The molecule has 0 bridgehead atoms. The Kier molecular flexibility index (Phi) is 4.53. The van der Waals surface area contributed by atoms with Crippen molar-refractivity contribution in [2.45, 2.75) is 43.1 Å². The summed E-state index contributed by atoms with van der Waals surface area (Å²) in [6.07, 6.45) is 5.69. The molecular formula is C14H18O3S. The molecule has 0 aliphatic heterocycles. The van der Waals surface area contributed by atoms with Crippen LogP contribution in [0.25, 0.3) is 0 Å². The average molecular weight is 266 g/mol. The Morgan fingerprint density at radius 1 is 1.28 bits per heavy atom. The van der Waals surface area contributed by atoms with Gasteiger partial charge in [-0.05, 0) is 30.5 Å². The van der Waals surface area contributed by atoms with Crippen molar-refractivity contribution >= 4 is 16.8 Å². The lowest BCUT2D eigenvalue weighted by Gasteiger charge is -2.20. The second-order valence-corrected chi connectivity index (χ2v) is 6.51. The minimum absolute atomic E-state index is 0.271. The van der Waals surface area contributed by atoms with Crippen molar-refractivity contribution in [3.63, 3.8) is 0 Å². The van der Waals surface area contributed by atoms with E-state index in [4.69, 9.17) is 5.11 Å². The highest BCUT2D eigenvalue weighted by Crippen LogP contribution is 2.23. The van der Waals surface area contributed by atoms with Gasteiger partial charge in [0, 0.05) is 21.8 Å². The van der Waals surface area contributed by atoms with Gasteiger partial charge in [-0.15, -0.1) is 0 Å². The summed E-state index contributed by atoms with van der Waals surface area (Å²) in [5.74, 6) is -0.452. The predicted octanol–water partition coefficient (Wildman–Crippen LogP) is 2.97. The van der Waals surface area contributed by atoms with E-state index in [2.05, 4.69) is 0 Å². The molecule has 0 saturated heterocycles. The molecule has 2 rings (SSSR count). The van der Waals surface area contributed by atoms with E-state index in [1.165, 1.54) is 19.3 Å². The first-order chi connectivity index (χ1) is 8.66. The van der Waals surface area contributed by atoms with E-state index < -0.39 is 16.8 Å². The van der Waals surface area contributed by atoms with Gasteiger partial charge in [-0.25, -0.2) is 4.79 Å². The van der Waals surface area contributed by atoms with E-state index in [1.54, 1.807) is 18.2 Å². The molecular weight excluding hydrogens is 248 g/mol. The maximum Gasteiger partial charge on any atom is 0.335 e. The van der Waals surface area contributed by atoms with Crippen molar-refractivity contribution in [2.24, 2.45) is 0 Å². The first kappa shape index (κ1) is 13.3. The molecule has 98 valence electrons. The fourth-order valence-corrected chi connectivity index (χ4v) is 4.01. The van der Waals surface area contributed by atoms with Crippen LogP contribution in [0.1, 0.15) is 48.0 Å². The van der Waals surface area contributed by atoms with Crippen molar-refractivity contribution in [2.75, 3.05) is 0 Å². The molecule has 0 spiro atoms. The predicted molar refractivity (Wildman–Crippen MR) is 72.1 cm³/mol. The van der Waals surface area contributed by atoms with Gasteiger partial charge in [0.2, 0.25) is 0 Å². The minimum Gasteiger partial charge on any atom is -0.478 e. The number of hydrogen-bond acceptors (Lipinski definition) is 2. The van der Waals surface area contributed by atoms with Gasteiger partial charge < -0.3 is 5.11 Å². The quantitative estimate of drug-likeness (QED) is 0.911. The summed E-state index contributed by atoms with van der Waals surface area (Å²) in [7, 11) is -0.872. The molecule has 1 aromatic rings. The van der Waals surface area contributed by atoms with Crippen LogP contribution in [0.3, 0.4) is 0 Å². The van der Waals surface area contributed by atoms with Crippen molar-refractivity contribution < 1.29 is 14.1 Å². The van der Waals surface area contributed by atoms with Crippen molar-refractivity contribution in [3.05, 3.63) is 35.4 Å². The van der Waals surface area contributed by atoms with Crippen LogP contribution >= 0.6 is 0 Å². The highest BCUT2D eigenvalue weighted by molar-refractivity contribution is 7.84. The van der Waals surface area contributed by atoms with Crippen LogP contribution in [0.5, 0.6) is 0 Å². The van der Waals surface area contributed by atoms with Crippen LogP contribution in [0.15, 0.2) is 24.3 Å². The molecule has 0 amide bonds. The Morgan fingerprint density at radius 3 is 2.67 bits per heavy atom. The summed E-state index contributed by atoms with van der Waals surface area (Å²) in [5, 5.41) is 9.21. The molecule has 4 heteroatoms. The summed E-state index contributed by atoms with van der Waals surface area (Å²) >= 11 is 0. The molecule has 0 aromatic heterocycles. The lowest BCUT2D eigenvalue weighted by molar-refractivity contribution is 0.0697. The van der Waals surface area contributed by atoms with Crippen LogP contribution in [-0.2, 0) is 16.6 Å². The number of carboxylic acid groups (broad SMARTS) is 1. The summed E-state index contributed by atoms with van der Waals surface area (Å²) in [6, 6.07) is 6.77. The number of aromatic carboxylic acids is 1. The summed E-state index contributed by atoms with van der Waals surface area (Å²) in [5.41, 5.74) is 1.13. The third kappa shape index (κ3) is 3.42. The lowest BCUT2D eigenvalue weighted by atomic mass is 10.0. The third-order valence-corrected chi connectivity index (χ3v) is 5.24. The Hall–Kier alpha value is -1.16. The zero-order valence-corrected chi connectivity index (χ0v) is 11.1. The zero-order chi connectivity index (χ0) is 13.0. The average Bonchev–Trinajstić information content (AvgIpc) is 2.40. The second kappa shape index (κ2) is 6.14. The monoisotopic (exact) mass is 266 g/mol. The van der Waals surface area contributed by atoms with Gasteiger partial charge >= 0.3 is 5.97 Å². The van der Waals surface area contributed by atoms with Crippen LogP contribution in [0, 0.1) is 0 Å². The molecule has 3 nitrogen and oxygen atoms in total. The number of carboxylic acids is 1. The van der Waals surface area contributed by atoms with E-state index >= 15 is 0 Å². The second-order valence-electron chi connectivity index (χ2n) is 4.79.